The standard InChI is InChI=1S/C61H69N3O14S/c1-4-55(65)73-38-14-8-6-12-36-71-46-24-18-42(19-25-46)57(67)75-48-26-20-44(21-27-48)59(69)78-51-34-35-52(45(40-51)41-62-64(3)61-63-53-16-10-11-17-54(53)79-61)60(70)77-49-28-22-43(23-29-49)58(68)76-50-32-30-47(31-33-50)72-37-13-7-9-15-39-74-56(66)5-2/h4-5,10-11,16-19,24-25,30-35,40-41,43-44,48-49H,1-2,6-9,12-15,20-23,26-29,36-39H2,3H3/b62-41+/t43-,44-,48-,49-. The fourth-order valence-corrected chi connectivity index (χ4v) is 9.89. The van der Waals surface area contributed by atoms with Gasteiger partial charge in [-0.1, -0.05) is 36.6 Å². The van der Waals surface area contributed by atoms with Crippen LogP contribution in [0.1, 0.15) is 129 Å². The van der Waals surface area contributed by atoms with Crippen molar-refractivity contribution in [2.24, 2.45) is 16.9 Å². The SMILES string of the molecule is C=CC(=O)OCCCCCCOc1ccc(OC(=O)[C@H]2CC[C@H](OC(=O)c3ccc(OC(=O)[C@H]4CC[C@H](OC(=O)c5ccc(OCCCCCCOC(=O)C=C)cc5)CC4)cc3/C=N/N(C)c3nc4ccccc4s3)CC2)cc1. The Labute approximate surface area is 464 Å². The molecule has 2 aliphatic carbocycles. The second kappa shape index (κ2) is 30.9. The number of unbranched alkanes of at least 4 members (excludes halogenated alkanes) is 6. The number of fused-ring (bicyclic) bond motifs is 1. The van der Waals surface area contributed by atoms with Crippen molar-refractivity contribution in [2.75, 3.05) is 38.5 Å². The molecule has 0 spiro atoms. The van der Waals surface area contributed by atoms with Gasteiger partial charge in [0.15, 0.2) is 0 Å². The lowest BCUT2D eigenvalue weighted by Gasteiger charge is -2.27. The van der Waals surface area contributed by atoms with Crippen LogP contribution in [0.2, 0.25) is 0 Å². The Kier molecular flexibility index (Phi) is 23.0. The lowest BCUT2D eigenvalue weighted by molar-refractivity contribution is -0.141. The van der Waals surface area contributed by atoms with Gasteiger partial charge in [0.2, 0.25) is 5.13 Å². The van der Waals surface area contributed by atoms with Crippen LogP contribution in [0, 0.1) is 11.8 Å². The summed E-state index contributed by atoms with van der Waals surface area (Å²) in [6.45, 7) is 8.56. The van der Waals surface area contributed by atoms with Crippen LogP contribution in [0.4, 0.5) is 5.13 Å². The van der Waals surface area contributed by atoms with E-state index in [4.69, 9.17) is 37.9 Å². The largest absolute Gasteiger partial charge is 0.494 e. The molecule has 0 atom stereocenters. The lowest BCUT2D eigenvalue weighted by Crippen LogP contribution is -2.30. The van der Waals surface area contributed by atoms with Gasteiger partial charge in [-0.25, -0.2) is 29.2 Å². The molecule has 2 saturated carbocycles. The number of para-hydroxylation sites is 1. The van der Waals surface area contributed by atoms with E-state index < -0.39 is 41.9 Å². The summed E-state index contributed by atoms with van der Waals surface area (Å²) in [7, 11) is 1.76. The fourth-order valence-electron chi connectivity index (χ4n) is 9.01. The minimum absolute atomic E-state index is 0.220. The Morgan fingerprint density at radius 2 is 1.06 bits per heavy atom. The lowest BCUT2D eigenvalue weighted by atomic mass is 9.87. The number of rotatable bonds is 29. The number of hydrazone groups is 1. The summed E-state index contributed by atoms with van der Waals surface area (Å²) >= 11 is 1.47. The first-order valence-corrected chi connectivity index (χ1v) is 27.9. The molecule has 18 heteroatoms. The first-order valence-electron chi connectivity index (χ1n) is 27.1. The Hall–Kier alpha value is -7.86. The van der Waals surface area contributed by atoms with Crippen molar-refractivity contribution in [1.82, 2.24) is 4.98 Å². The topological polar surface area (TPSA) is 205 Å². The third-order valence-electron chi connectivity index (χ3n) is 13.5. The van der Waals surface area contributed by atoms with Gasteiger partial charge in [0, 0.05) is 24.8 Å². The van der Waals surface area contributed by atoms with Crippen LogP contribution in [-0.4, -0.2) is 92.7 Å². The average molecular weight is 1100 g/mol. The number of ether oxygens (including phenoxy) is 8. The Bertz CT molecular complexity index is 2840. The van der Waals surface area contributed by atoms with Gasteiger partial charge in [0.25, 0.3) is 0 Å². The van der Waals surface area contributed by atoms with E-state index in [9.17, 15) is 28.8 Å². The van der Waals surface area contributed by atoms with Crippen LogP contribution in [0.15, 0.2) is 121 Å². The highest BCUT2D eigenvalue weighted by atomic mass is 32.1. The summed E-state index contributed by atoms with van der Waals surface area (Å²) in [6.07, 6.45) is 13.7. The summed E-state index contributed by atoms with van der Waals surface area (Å²) in [5, 5.41) is 6.87. The van der Waals surface area contributed by atoms with E-state index in [1.807, 2.05) is 24.3 Å². The van der Waals surface area contributed by atoms with Crippen LogP contribution >= 0.6 is 11.3 Å². The number of hydrogen-bond acceptors (Lipinski definition) is 18. The molecule has 0 aliphatic heterocycles. The zero-order valence-corrected chi connectivity index (χ0v) is 45.5. The molecule has 2 aliphatic rings. The number of anilines is 1. The van der Waals surface area contributed by atoms with E-state index >= 15 is 0 Å². The van der Waals surface area contributed by atoms with Crippen LogP contribution in [-0.2, 0) is 38.1 Å². The molecule has 0 unspecified atom stereocenters. The molecule has 0 radical (unpaired) electrons. The molecule has 0 N–H and O–H groups in total. The van der Waals surface area contributed by atoms with Crippen molar-refractivity contribution < 1.29 is 66.7 Å². The number of carbonyl (C=O) groups excluding carboxylic acids is 6. The highest BCUT2D eigenvalue weighted by Gasteiger charge is 2.32. The van der Waals surface area contributed by atoms with Crippen molar-refractivity contribution in [3.63, 3.8) is 0 Å². The van der Waals surface area contributed by atoms with Crippen molar-refractivity contribution >= 4 is 68.7 Å². The van der Waals surface area contributed by atoms with E-state index in [1.54, 1.807) is 78.8 Å². The van der Waals surface area contributed by atoms with Crippen LogP contribution in [0.25, 0.3) is 10.2 Å². The Morgan fingerprint density at radius 1 is 0.582 bits per heavy atom. The molecule has 17 nitrogen and oxygen atoms in total. The third-order valence-corrected chi connectivity index (χ3v) is 14.6. The molecule has 418 valence electrons. The van der Waals surface area contributed by atoms with Crippen LogP contribution in [0.5, 0.6) is 23.0 Å². The molecule has 5 aromatic rings. The van der Waals surface area contributed by atoms with Gasteiger partial charge in [-0.2, -0.15) is 5.10 Å². The van der Waals surface area contributed by atoms with Gasteiger partial charge in [0.05, 0.1) is 65.8 Å². The maximum absolute atomic E-state index is 13.9. The predicted molar refractivity (Wildman–Crippen MR) is 299 cm³/mol. The molecule has 2 fully saturated rings. The van der Waals surface area contributed by atoms with Crippen LogP contribution in [0.3, 0.4) is 0 Å². The molecular weight excluding hydrogens is 1030 g/mol. The van der Waals surface area contributed by atoms with Gasteiger partial charge in [-0.3, -0.25) is 9.59 Å². The number of nitrogens with zero attached hydrogens (tertiary/aromatic N) is 3. The second-order valence-electron chi connectivity index (χ2n) is 19.3. The normalized spacial score (nSPS) is 17.0. The summed E-state index contributed by atoms with van der Waals surface area (Å²) in [4.78, 5) is 80.7. The van der Waals surface area contributed by atoms with Gasteiger partial charge in [-0.15, -0.1) is 0 Å². The van der Waals surface area contributed by atoms with Gasteiger partial charge >= 0.3 is 35.8 Å². The van der Waals surface area contributed by atoms with E-state index in [2.05, 4.69) is 23.2 Å². The first kappa shape index (κ1) is 58.8. The van der Waals surface area contributed by atoms with Crippen LogP contribution < -0.4 is 24.0 Å². The molecule has 79 heavy (non-hydrogen) atoms. The second-order valence-corrected chi connectivity index (χ2v) is 20.4. The van der Waals surface area contributed by atoms with Crippen molar-refractivity contribution in [3.8, 4) is 23.0 Å². The van der Waals surface area contributed by atoms with Gasteiger partial charge in [-0.05, 0) is 182 Å². The van der Waals surface area contributed by atoms with Crippen molar-refractivity contribution in [1.29, 1.82) is 0 Å². The molecule has 1 aromatic heterocycles. The van der Waals surface area contributed by atoms with Gasteiger partial charge < -0.3 is 37.9 Å². The maximum Gasteiger partial charge on any atom is 0.339 e. The first-order chi connectivity index (χ1) is 38.4. The average Bonchev–Trinajstić information content (AvgIpc) is 3.92. The summed E-state index contributed by atoms with van der Waals surface area (Å²) < 4.78 is 46.1. The number of aromatic nitrogens is 1. The van der Waals surface area contributed by atoms with Crippen molar-refractivity contribution in [3.05, 3.63) is 133 Å². The molecule has 0 bridgehead atoms. The third kappa shape index (κ3) is 18.9. The number of benzene rings is 4. The monoisotopic (exact) mass is 1100 g/mol. The quantitative estimate of drug-likeness (QED) is 0.00830. The zero-order valence-electron chi connectivity index (χ0n) is 44.7. The molecular formula is C61H69N3O14S. The zero-order chi connectivity index (χ0) is 55.8. The number of esters is 6. The molecule has 1 heterocycles. The predicted octanol–water partition coefficient (Wildman–Crippen LogP) is 11.7. The minimum Gasteiger partial charge on any atom is -0.494 e. The van der Waals surface area contributed by atoms with Crippen molar-refractivity contribution in [2.45, 2.75) is 115 Å². The summed E-state index contributed by atoms with van der Waals surface area (Å²) in [6, 6.07) is 26.2. The fraction of sp³-hybridized carbons (Fsp3) is 0.410. The van der Waals surface area contributed by atoms with E-state index in [0.29, 0.717) is 111 Å². The number of carbonyl (C=O) groups is 6. The summed E-state index contributed by atoms with van der Waals surface area (Å²) in [5.74, 6) is -1.47. The highest BCUT2D eigenvalue weighted by Crippen LogP contribution is 2.33. The highest BCUT2D eigenvalue weighted by molar-refractivity contribution is 7.22. The number of hydrogen-bond donors (Lipinski definition) is 0. The Balaban J connectivity index is 0.865. The molecule has 0 amide bonds. The molecule has 0 saturated heterocycles. The maximum atomic E-state index is 13.9. The number of thiazole rings is 1. The molecule has 7 rings (SSSR count). The minimum atomic E-state index is -0.579. The van der Waals surface area contributed by atoms with E-state index in [-0.39, 0.29) is 29.3 Å². The van der Waals surface area contributed by atoms with E-state index in [1.165, 1.54) is 17.6 Å². The Morgan fingerprint density at radius 3 is 1.61 bits per heavy atom. The van der Waals surface area contributed by atoms with Gasteiger partial charge in [0.1, 0.15) is 35.2 Å². The summed E-state index contributed by atoms with van der Waals surface area (Å²) in [5.41, 5.74) is 1.82. The smallest absolute Gasteiger partial charge is 0.339 e. The molecule has 4 aromatic carbocycles. The van der Waals surface area contributed by atoms with E-state index in [0.717, 1.165) is 73.7 Å².